The Balaban J connectivity index is 1.94. The summed E-state index contributed by atoms with van der Waals surface area (Å²) in [5, 5.41) is 12.2. The number of nitrogens with zero attached hydrogens (tertiary/aromatic N) is 1. The predicted octanol–water partition coefficient (Wildman–Crippen LogP) is 4.14. The molecule has 2 aromatic carbocycles. The standard InChI is InChI=1S/C18H16Cl2N2O2/c19-15-6-5-13(11-16(15)20)12-24-17-4-2-1-3-14(17)8-10-22-18(23)7-9-21/h1-6,11H,7-8,10,12H2,(H,22,23). The van der Waals surface area contributed by atoms with Gasteiger partial charge < -0.3 is 10.1 Å². The van der Waals surface area contributed by atoms with Gasteiger partial charge in [0.05, 0.1) is 16.1 Å². The fraction of sp³-hybridized carbons (Fsp3) is 0.222. The number of halogens is 2. The van der Waals surface area contributed by atoms with E-state index in [1.165, 1.54) is 0 Å². The van der Waals surface area contributed by atoms with E-state index >= 15 is 0 Å². The number of rotatable bonds is 7. The van der Waals surface area contributed by atoms with Crippen LogP contribution in [-0.4, -0.2) is 12.5 Å². The molecular formula is C18H16Cl2N2O2. The third-order valence-electron chi connectivity index (χ3n) is 3.31. The molecular weight excluding hydrogens is 347 g/mol. The van der Waals surface area contributed by atoms with Crippen molar-refractivity contribution in [1.82, 2.24) is 5.32 Å². The van der Waals surface area contributed by atoms with Crippen molar-refractivity contribution >= 4 is 29.1 Å². The maximum atomic E-state index is 11.3. The lowest BCUT2D eigenvalue weighted by atomic mass is 10.1. The number of carbonyl (C=O) groups excluding carboxylic acids is 1. The lowest BCUT2D eigenvalue weighted by Gasteiger charge is -2.12. The lowest BCUT2D eigenvalue weighted by molar-refractivity contribution is -0.120. The van der Waals surface area contributed by atoms with Gasteiger partial charge >= 0.3 is 0 Å². The van der Waals surface area contributed by atoms with Crippen molar-refractivity contribution in [2.45, 2.75) is 19.4 Å². The van der Waals surface area contributed by atoms with E-state index in [1.807, 2.05) is 36.4 Å². The Bertz CT molecular complexity index is 757. The highest BCUT2D eigenvalue weighted by Crippen LogP contribution is 2.24. The molecule has 0 saturated carbocycles. The highest BCUT2D eigenvalue weighted by Gasteiger charge is 2.06. The number of carbonyl (C=O) groups is 1. The minimum Gasteiger partial charge on any atom is -0.489 e. The number of para-hydroxylation sites is 1. The minimum atomic E-state index is -0.272. The van der Waals surface area contributed by atoms with Gasteiger partial charge in [0.15, 0.2) is 0 Å². The molecule has 2 aromatic rings. The van der Waals surface area contributed by atoms with Crippen molar-refractivity contribution in [1.29, 1.82) is 5.26 Å². The van der Waals surface area contributed by atoms with Gasteiger partial charge in [0, 0.05) is 6.54 Å². The van der Waals surface area contributed by atoms with Gasteiger partial charge in [-0.3, -0.25) is 4.79 Å². The van der Waals surface area contributed by atoms with E-state index in [0.717, 1.165) is 16.9 Å². The summed E-state index contributed by atoms with van der Waals surface area (Å²) in [7, 11) is 0. The number of nitrogens with one attached hydrogen (secondary N) is 1. The summed E-state index contributed by atoms with van der Waals surface area (Å²) in [5.41, 5.74) is 1.90. The van der Waals surface area contributed by atoms with Gasteiger partial charge in [-0.1, -0.05) is 47.5 Å². The van der Waals surface area contributed by atoms with Crippen molar-refractivity contribution in [3.8, 4) is 11.8 Å². The first-order valence-corrected chi connectivity index (χ1v) is 8.14. The van der Waals surface area contributed by atoms with Crippen LogP contribution in [0.2, 0.25) is 10.0 Å². The number of amides is 1. The molecule has 0 aliphatic heterocycles. The predicted molar refractivity (Wildman–Crippen MR) is 94.2 cm³/mol. The Kier molecular flexibility index (Phi) is 6.92. The Morgan fingerprint density at radius 2 is 1.96 bits per heavy atom. The van der Waals surface area contributed by atoms with Crippen LogP contribution in [0.1, 0.15) is 17.5 Å². The molecule has 2 rings (SSSR count). The number of nitriles is 1. The van der Waals surface area contributed by atoms with E-state index in [1.54, 1.807) is 12.1 Å². The van der Waals surface area contributed by atoms with Crippen LogP contribution in [0, 0.1) is 11.3 Å². The maximum absolute atomic E-state index is 11.3. The van der Waals surface area contributed by atoms with E-state index in [9.17, 15) is 4.79 Å². The Morgan fingerprint density at radius 1 is 1.17 bits per heavy atom. The number of hydrogen-bond acceptors (Lipinski definition) is 3. The first kappa shape index (κ1) is 18.1. The zero-order valence-corrected chi connectivity index (χ0v) is 14.4. The van der Waals surface area contributed by atoms with Gasteiger partial charge in [-0.15, -0.1) is 0 Å². The molecule has 0 aromatic heterocycles. The monoisotopic (exact) mass is 362 g/mol. The maximum Gasteiger partial charge on any atom is 0.234 e. The minimum absolute atomic E-state index is 0.129. The van der Waals surface area contributed by atoms with Crippen LogP contribution in [-0.2, 0) is 17.8 Å². The quantitative estimate of drug-likeness (QED) is 0.804. The summed E-state index contributed by atoms with van der Waals surface area (Å²) < 4.78 is 5.86. The summed E-state index contributed by atoms with van der Waals surface area (Å²) in [5.74, 6) is 0.477. The smallest absolute Gasteiger partial charge is 0.234 e. The zero-order valence-electron chi connectivity index (χ0n) is 12.9. The van der Waals surface area contributed by atoms with Gasteiger partial charge in [-0.05, 0) is 35.7 Å². The third kappa shape index (κ3) is 5.45. The summed E-state index contributed by atoms with van der Waals surface area (Å²) in [6.45, 7) is 0.822. The molecule has 0 unspecified atom stereocenters. The molecule has 1 amide bonds. The molecule has 124 valence electrons. The SMILES string of the molecule is N#CCC(=O)NCCc1ccccc1OCc1ccc(Cl)c(Cl)c1. The van der Waals surface area contributed by atoms with E-state index < -0.39 is 0 Å². The fourth-order valence-electron chi connectivity index (χ4n) is 2.11. The third-order valence-corrected chi connectivity index (χ3v) is 4.05. The first-order chi connectivity index (χ1) is 11.6. The highest BCUT2D eigenvalue weighted by atomic mass is 35.5. The van der Waals surface area contributed by atoms with Gasteiger partial charge in [0.2, 0.25) is 5.91 Å². The van der Waals surface area contributed by atoms with Gasteiger partial charge in [-0.25, -0.2) is 0 Å². The zero-order chi connectivity index (χ0) is 17.4. The summed E-state index contributed by atoms with van der Waals surface area (Å²) in [6.07, 6.45) is 0.490. The largest absolute Gasteiger partial charge is 0.489 e. The van der Waals surface area contributed by atoms with Crippen LogP contribution in [0.15, 0.2) is 42.5 Å². The molecule has 0 fully saturated rings. The van der Waals surface area contributed by atoms with Crippen LogP contribution in [0.3, 0.4) is 0 Å². The molecule has 0 bridgehead atoms. The van der Waals surface area contributed by atoms with E-state index in [4.69, 9.17) is 33.2 Å². The second-order valence-electron chi connectivity index (χ2n) is 5.08. The van der Waals surface area contributed by atoms with E-state index in [0.29, 0.717) is 29.6 Å². The molecule has 0 saturated heterocycles. The van der Waals surface area contributed by atoms with Crippen LogP contribution in [0.25, 0.3) is 0 Å². The molecule has 24 heavy (non-hydrogen) atoms. The molecule has 0 aliphatic carbocycles. The van der Waals surface area contributed by atoms with Crippen molar-refractivity contribution in [3.05, 3.63) is 63.6 Å². The second kappa shape index (κ2) is 9.17. The number of ether oxygens (including phenoxy) is 1. The van der Waals surface area contributed by atoms with Crippen molar-refractivity contribution in [2.75, 3.05) is 6.54 Å². The van der Waals surface area contributed by atoms with Crippen molar-refractivity contribution in [2.24, 2.45) is 0 Å². The van der Waals surface area contributed by atoms with Gasteiger partial charge in [-0.2, -0.15) is 5.26 Å². The molecule has 4 nitrogen and oxygen atoms in total. The lowest BCUT2D eigenvalue weighted by Crippen LogP contribution is -2.25. The van der Waals surface area contributed by atoms with Gasteiger partial charge in [0.1, 0.15) is 18.8 Å². The fourth-order valence-corrected chi connectivity index (χ4v) is 2.43. The number of hydrogen-bond donors (Lipinski definition) is 1. The highest BCUT2D eigenvalue weighted by molar-refractivity contribution is 6.42. The number of benzene rings is 2. The average molecular weight is 363 g/mol. The summed E-state index contributed by atoms with van der Waals surface area (Å²) >= 11 is 11.9. The molecule has 1 N–H and O–H groups in total. The summed E-state index contributed by atoms with van der Waals surface area (Å²) in [6, 6.07) is 14.8. The van der Waals surface area contributed by atoms with Gasteiger partial charge in [0.25, 0.3) is 0 Å². The Morgan fingerprint density at radius 3 is 2.71 bits per heavy atom. The molecule has 0 radical (unpaired) electrons. The topological polar surface area (TPSA) is 62.1 Å². The molecule has 6 heteroatoms. The summed E-state index contributed by atoms with van der Waals surface area (Å²) in [4.78, 5) is 11.3. The van der Waals surface area contributed by atoms with Crippen molar-refractivity contribution in [3.63, 3.8) is 0 Å². The van der Waals surface area contributed by atoms with Crippen molar-refractivity contribution < 1.29 is 9.53 Å². The van der Waals surface area contributed by atoms with E-state index in [-0.39, 0.29) is 12.3 Å². The normalized spacial score (nSPS) is 10.0. The van der Waals surface area contributed by atoms with Crippen LogP contribution >= 0.6 is 23.2 Å². The van der Waals surface area contributed by atoms with E-state index in [2.05, 4.69) is 5.32 Å². The molecule has 0 heterocycles. The second-order valence-corrected chi connectivity index (χ2v) is 5.89. The molecule has 0 spiro atoms. The Labute approximate surface area is 151 Å². The van der Waals surface area contributed by atoms with Crippen LogP contribution in [0.5, 0.6) is 5.75 Å². The Hall–Kier alpha value is -2.22. The average Bonchev–Trinajstić information content (AvgIpc) is 2.57. The molecule has 0 aliphatic rings. The van der Waals surface area contributed by atoms with Crippen LogP contribution < -0.4 is 10.1 Å². The molecule has 0 atom stereocenters. The first-order valence-electron chi connectivity index (χ1n) is 7.38. The van der Waals surface area contributed by atoms with Crippen LogP contribution in [0.4, 0.5) is 0 Å².